The molecule has 0 bridgehead atoms. The van der Waals surface area contributed by atoms with Crippen molar-refractivity contribution in [1.82, 2.24) is 15.5 Å². The number of hydrogen-bond acceptors (Lipinski definition) is 5. The zero-order valence-electron chi connectivity index (χ0n) is 13.6. The van der Waals surface area contributed by atoms with Crippen molar-refractivity contribution in [1.29, 1.82) is 0 Å². The van der Waals surface area contributed by atoms with Crippen molar-refractivity contribution in [2.24, 2.45) is 5.92 Å². The number of aromatic nitrogens is 2. The molecular weight excluding hydrogens is 278 g/mol. The van der Waals surface area contributed by atoms with Gasteiger partial charge in [-0.1, -0.05) is 13.8 Å². The summed E-state index contributed by atoms with van der Waals surface area (Å²) in [6.07, 6.45) is 6.07. The highest BCUT2D eigenvalue weighted by molar-refractivity contribution is 5.78. The molecule has 0 unspecified atom stereocenters. The molecular formula is C16H27N5O. The van der Waals surface area contributed by atoms with Crippen LogP contribution in [0.4, 0.5) is 11.5 Å². The zero-order valence-corrected chi connectivity index (χ0v) is 13.6. The summed E-state index contributed by atoms with van der Waals surface area (Å²) in [4.78, 5) is 14.2. The maximum absolute atomic E-state index is 11.9. The van der Waals surface area contributed by atoms with Gasteiger partial charge in [-0.2, -0.15) is 5.10 Å². The molecule has 6 nitrogen and oxygen atoms in total. The van der Waals surface area contributed by atoms with Gasteiger partial charge >= 0.3 is 0 Å². The lowest BCUT2D eigenvalue weighted by Crippen LogP contribution is -2.33. The zero-order chi connectivity index (χ0) is 15.8. The highest BCUT2D eigenvalue weighted by atomic mass is 16.1. The average Bonchev–Trinajstić information content (AvgIpc) is 3.07. The maximum Gasteiger partial charge on any atom is 0.223 e. The number of amides is 1. The van der Waals surface area contributed by atoms with Crippen LogP contribution in [-0.2, 0) is 4.79 Å². The van der Waals surface area contributed by atoms with Gasteiger partial charge in [0.2, 0.25) is 5.91 Å². The van der Waals surface area contributed by atoms with E-state index in [-0.39, 0.29) is 11.8 Å². The molecule has 2 N–H and O–H groups in total. The summed E-state index contributed by atoms with van der Waals surface area (Å²) in [5, 5.41) is 14.3. The fourth-order valence-corrected chi connectivity index (χ4v) is 2.77. The molecule has 1 aromatic rings. The van der Waals surface area contributed by atoms with Crippen molar-refractivity contribution in [3.05, 3.63) is 12.3 Å². The third-order valence-corrected chi connectivity index (χ3v) is 4.20. The van der Waals surface area contributed by atoms with Gasteiger partial charge in [-0.05, 0) is 25.7 Å². The predicted octanol–water partition coefficient (Wildman–Crippen LogP) is 2.04. The van der Waals surface area contributed by atoms with E-state index in [9.17, 15) is 4.79 Å². The molecule has 0 aliphatic carbocycles. The molecule has 6 heteroatoms. The van der Waals surface area contributed by atoms with Crippen LogP contribution in [0.15, 0.2) is 12.3 Å². The fourth-order valence-electron chi connectivity index (χ4n) is 2.77. The average molecular weight is 305 g/mol. The predicted molar refractivity (Wildman–Crippen MR) is 89.1 cm³/mol. The first-order valence-corrected chi connectivity index (χ1v) is 8.33. The Labute approximate surface area is 132 Å². The fraction of sp³-hybridized carbons (Fsp3) is 0.688. The van der Waals surface area contributed by atoms with Gasteiger partial charge in [-0.25, -0.2) is 0 Å². The molecule has 0 spiro atoms. The van der Waals surface area contributed by atoms with Gasteiger partial charge in [0.1, 0.15) is 0 Å². The quantitative estimate of drug-likeness (QED) is 0.719. The molecule has 0 radical (unpaired) electrons. The first-order chi connectivity index (χ1) is 10.7. The molecule has 22 heavy (non-hydrogen) atoms. The summed E-state index contributed by atoms with van der Waals surface area (Å²) in [5.74, 6) is 1.03. The van der Waals surface area contributed by atoms with Gasteiger partial charge in [0.25, 0.3) is 0 Å². The van der Waals surface area contributed by atoms with E-state index in [1.54, 1.807) is 0 Å². The highest BCUT2D eigenvalue weighted by Crippen LogP contribution is 2.20. The molecule has 1 aromatic heterocycles. The summed E-state index contributed by atoms with van der Waals surface area (Å²) >= 11 is 0. The first-order valence-electron chi connectivity index (χ1n) is 8.33. The molecule has 0 saturated carbocycles. The second kappa shape index (κ2) is 8.56. The molecule has 1 aliphatic heterocycles. The summed E-state index contributed by atoms with van der Waals surface area (Å²) in [6.45, 7) is 7.54. The van der Waals surface area contributed by atoms with Crippen LogP contribution >= 0.6 is 0 Å². The van der Waals surface area contributed by atoms with E-state index in [0.717, 1.165) is 37.4 Å². The molecule has 1 fully saturated rings. The highest BCUT2D eigenvalue weighted by Gasteiger charge is 2.14. The molecule has 122 valence electrons. The van der Waals surface area contributed by atoms with Crippen LogP contribution < -0.4 is 15.5 Å². The number of nitrogens with one attached hydrogen (secondary N) is 2. The Morgan fingerprint density at radius 1 is 1.27 bits per heavy atom. The van der Waals surface area contributed by atoms with Gasteiger partial charge in [-0.15, -0.1) is 5.10 Å². The maximum atomic E-state index is 11.9. The Morgan fingerprint density at radius 2 is 2.00 bits per heavy atom. The standard InChI is InChI=1S/C16H27N5O/c1-3-13(4-2)16(22)18-8-7-17-15-11-14(12-19-20-15)21-9-5-6-10-21/h11-13H,3-10H2,1-2H3,(H,17,20)(H,18,22). The molecule has 2 rings (SSSR count). The van der Waals surface area contributed by atoms with Crippen molar-refractivity contribution in [2.75, 3.05) is 36.4 Å². The van der Waals surface area contributed by atoms with E-state index in [1.165, 1.54) is 12.8 Å². The lowest BCUT2D eigenvalue weighted by molar-refractivity contribution is -0.125. The Bertz CT molecular complexity index is 469. The summed E-state index contributed by atoms with van der Waals surface area (Å²) in [5.41, 5.74) is 1.12. The SMILES string of the molecule is CCC(CC)C(=O)NCCNc1cc(N2CCCC2)cnn1. The van der Waals surface area contributed by atoms with E-state index in [1.807, 2.05) is 26.1 Å². The largest absolute Gasteiger partial charge is 0.370 e. The van der Waals surface area contributed by atoms with Crippen LogP contribution in [0.1, 0.15) is 39.5 Å². The molecule has 1 amide bonds. The minimum absolute atomic E-state index is 0.123. The minimum atomic E-state index is 0.123. The molecule has 0 atom stereocenters. The van der Waals surface area contributed by atoms with Crippen LogP contribution in [-0.4, -0.2) is 42.3 Å². The topological polar surface area (TPSA) is 70.2 Å². The van der Waals surface area contributed by atoms with Crippen LogP contribution in [0.2, 0.25) is 0 Å². The second-order valence-corrected chi connectivity index (χ2v) is 5.72. The van der Waals surface area contributed by atoms with Crippen molar-refractivity contribution < 1.29 is 4.79 Å². The van der Waals surface area contributed by atoms with Crippen molar-refractivity contribution in [3.63, 3.8) is 0 Å². The van der Waals surface area contributed by atoms with Gasteiger partial charge < -0.3 is 15.5 Å². The van der Waals surface area contributed by atoms with Gasteiger partial charge in [-0.3, -0.25) is 4.79 Å². The summed E-state index contributed by atoms with van der Waals surface area (Å²) in [6, 6.07) is 2.03. The monoisotopic (exact) mass is 305 g/mol. The van der Waals surface area contributed by atoms with Crippen LogP contribution in [0.3, 0.4) is 0 Å². The lowest BCUT2D eigenvalue weighted by atomic mass is 10.0. The minimum Gasteiger partial charge on any atom is -0.370 e. The molecule has 0 aromatic carbocycles. The third-order valence-electron chi connectivity index (χ3n) is 4.20. The number of anilines is 2. The van der Waals surface area contributed by atoms with Crippen LogP contribution in [0.5, 0.6) is 0 Å². The molecule has 1 saturated heterocycles. The molecule has 2 heterocycles. The van der Waals surface area contributed by atoms with E-state index < -0.39 is 0 Å². The molecule has 1 aliphatic rings. The van der Waals surface area contributed by atoms with E-state index in [2.05, 4.69) is 25.7 Å². The summed E-state index contributed by atoms with van der Waals surface area (Å²) in [7, 11) is 0. The van der Waals surface area contributed by atoms with Crippen molar-refractivity contribution >= 4 is 17.4 Å². The number of rotatable bonds is 8. The number of nitrogens with zero attached hydrogens (tertiary/aromatic N) is 3. The van der Waals surface area contributed by atoms with E-state index in [4.69, 9.17) is 0 Å². The smallest absolute Gasteiger partial charge is 0.223 e. The van der Waals surface area contributed by atoms with Crippen LogP contribution in [0.25, 0.3) is 0 Å². The normalized spacial score (nSPS) is 14.4. The number of carbonyl (C=O) groups is 1. The second-order valence-electron chi connectivity index (χ2n) is 5.72. The van der Waals surface area contributed by atoms with Gasteiger partial charge in [0, 0.05) is 38.2 Å². The Morgan fingerprint density at radius 3 is 2.68 bits per heavy atom. The van der Waals surface area contributed by atoms with Gasteiger partial charge in [0.05, 0.1) is 11.9 Å². The van der Waals surface area contributed by atoms with Gasteiger partial charge in [0.15, 0.2) is 5.82 Å². The van der Waals surface area contributed by atoms with Crippen molar-refractivity contribution in [3.8, 4) is 0 Å². The van der Waals surface area contributed by atoms with E-state index in [0.29, 0.717) is 13.1 Å². The first kappa shape index (κ1) is 16.5. The van der Waals surface area contributed by atoms with E-state index >= 15 is 0 Å². The lowest BCUT2D eigenvalue weighted by Gasteiger charge is -2.17. The number of carbonyl (C=O) groups excluding carboxylic acids is 1. The Balaban J connectivity index is 1.75. The Kier molecular flexibility index (Phi) is 6.43. The summed E-state index contributed by atoms with van der Waals surface area (Å²) < 4.78 is 0. The van der Waals surface area contributed by atoms with Crippen molar-refractivity contribution in [2.45, 2.75) is 39.5 Å². The number of hydrogen-bond donors (Lipinski definition) is 2. The Hall–Kier alpha value is -1.85. The third kappa shape index (κ3) is 4.58. The van der Waals surface area contributed by atoms with Crippen LogP contribution in [0, 0.1) is 5.92 Å².